The van der Waals surface area contributed by atoms with E-state index in [0.717, 1.165) is 31.9 Å². The van der Waals surface area contributed by atoms with E-state index in [1.165, 1.54) is 4.80 Å². The summed E-state index contributed by atoms with van der Waals surface area (Å²) in [5, 5.41) is 11.8. The molecule has 1 aromatic heterocycles. The summed E-state index contributed by atoms with van der Waals surface area (Å²) in [7, 11) is 1.77. The van der Waals surface area contributed by atoms with Gasteiger partial charge in [0.2, 0.25) is 0 Å². The quantitative estimate of drug-likeness (QED) is 0.680. The molecule has 6 nitrogen and oxygen atoms in total. The Morgan fingerprint density at radius 2 is 2.21 bits per heavy atom. The van der Waals surface area contributed by atoms with Crippen LogP contribution in [0.4, 0.5) is 0 Å². The zero-order chi connectivity index (χ0) is 10.2. The molecule has 1 aromatic rings. The molecule has 2 N–H and O–H groups in total. The van der Waals surface area contributed by atoms with E-state index < -0.39 is 0 Å². The lowest BCUT2D eigenvalue weighted by atomic mass is 9.88. The van der Waals surface area contributed by atoms with Crippen LogP contribution in [-0.2, 0) is 13.6 Å². The first kappa shape index (κ1) is 9.54. The molecule has 0 aliphatic carbocycles. The summed E-state index contributed by atoms with van der Waals surface area (Å²) in [6.45, 7) is 4.74. The van der Waals surface area contributed by atoms with Crippen molar-refractivity contribution < 1.29 is 0 Å². The number of rotatable bonds is 3. The molecule has 0 saturated carbocycles. The van der Waals surface area contributed by atoms with E-state index >= 15 is 0 Å². The average Bonchev–Trinajstić information content (AvgIpc) is 2.48. The van der Waals surface area contributed by atoms with Crippen LogP contribution in [0.1, 0.15) is 19.2 Å². The van der Waals surface area contributed by atoms with E-state index in [1.54, 1.807) is 7.05 Å². The highest BCUT2D eigenvalue weighted by atomic mass is 15.6. The summed E-state index contributed by atoms with van der Waals surface area (Å²) in [6, 6.07) is 0. The standard InChI is InChI=1S/C8H16N6/c1-3-8(9)5-14(6-8)4-7-10-12-13(2)11-7/h3-6,9H2,1-2H3. The van der Waals surface area contributed by atoms with Gasteiger partial charge in [-0.25, -0.2) is 0 Å². The van der Waals surface area contributed by atoms with Crippen LogP contribution < -0.4 is 5.73 Å². The largest absolute Gasteiger partial charge is 0.323 e. The van der Waals surface area contributed by atoms with E-state index in [2.05, 4.69) is 27.2 Å². The first-order chi connectivity index (χ1) is 6.61. The zero-order valence-corrected chi connectivity index (χ0v) is 8.64. The maximum absolute atomic E-state index is 6.05. The van der Waals surface area contributed by atoms with Crippen molar-refractivity contribution in [2.24, 2.45) is 12.8 Å². The van der Waals surface area contributed by atoms with Crippen LogP contribution in [0.25, 0.3) is 0 Å². The highest BCUT2D eigenvalue weighted by molar-refractivity contribution is 4.99. The van der Waals surface area contributed by atoms with Gasteiger partial charge in [0.05, 0.1) is 13.6 Å². The lowest BCUT2D eigenvalue weighted by Gasteiger charge is -2.46. The SMILES string of the molecule is CCC1(N)CN(Cc2nnn(C)n2)C1. The van der Waals surface area contributed by atoms with Crippen molar-refractivity contribution in [1.29, 1.82) is 0 Å². The number of aromatic nitrogens is 4. The molecule has 2 heterocycles. The van der Waals surface area contributed by atoms with Crippen molar-refractivity contribution in [3.05, 3.63) is 5.82 Å². The second-order valence-electron chi connectivity index (χ2n) is 4.06. The lowest BCUT2D eigenvalue weighted by Crippen LogP contribution is -2.66. The van der Waals surface area contributed by atoms with E-state index in [0.29, 0.717) is 0 Å². The number of tetrazole rings is 1. The van der Waals surface area contributed by atoms with Gasteiger partial charge in [0.1, 0.15) is 0 Å². The maximum atomic E-state index is 6.05. The van der Waals surface area contributed by atoms with Crippen molar-refractivity contribution in [1.82, 2.24) is 25.1 Å². The molecule has 0 unspecified atom stereocenters. The zero-order valence-electron chi connectivity index (χ0n) is 8.64. The monoisotopic (exact) mass is 196 g/mol. The molecule has 0 radical (unpaired) electrons. The summed E-state index contributed by atoms with van der Waals surface area (Å²) in [4.78, 5) is 3.71. The number of hydrogen-bond donors (Lipinski definition) is 1. The highest BCUT2D eigenvalue weighted by Gasteiger charge is 2.37. The molecule has 78 valence electrons. The Morgan fingerprint density at radius 1 is 1.50 bits per heavy atom. The Labute approximate surface area is 83.1 Å². The number of nitrogens with zero attached hydrogens (tertiary/aromatic N) is 5. The van der Waals surface area contributed by atoms with Crippen molar-refractivity contribution in [2.75, 3.05) is 13.1 Å². The minimum absolute atomic E-state index is 0.0161. The molecule has 2 rings (SSSR count). The number of hydrogen-bond acceptors (Lipinski definition) is 5. The maximum Gasteiger partial charge on any atom is 0.188 e. The normalized spacial score (nSPS) is 20.8. The van der Waals surface area contributed by atoms with Gasteiger partial charge in [-0.15, -0.1) is 10.2 Å². The molecule has 1 fully saturated rings. The first-order valence-corrected chi connectivity index (χ1v) is 4.85. The van der Waals surface area contributed by atoms with E-state index in [4.69, 9.17) is 5.73 Å². The molecule has 0 amide bonds. The van der Waals surface area contributed by atoms with Crippen molar-refractivity contribution in [3.8, 4) is 0 Å². The Hall–Kier alpha value is -1.01. The lowest BCUT2D eigenvalue weighted by molar-refractivity contribution is 0.0582. The third-order valence-electron chi connectivity index (χ3n) is 2.70. The van der Waals surface area contributed by atoms with Crippen LogP contribution in [0.3, 0.4) is 0 Å². The summed E-state index contributed by atoms with van der Waals surface area (Å²) in [5.41, 5.74) is 6.06. The third-order valence-corrected chi connectivity index (χ3v) is 2.70. The fourth-order valence-corrected chi connectivity index (χ4v) is 1.77. The Morgan fingerprint density at radius 3 is 2.71 bits per heavy atom. The second kappa shape index (κ2) is 3.29. The van der Waals surface area contributed by atoms with Gasteiger partial charge in [-0.2, -0.15) is 4.80 Å². The Bertz CT molecular complexity index is 313. The first-order valence-electron chi connectivity index (χ1n) is 4.85. The average molecular weight is 196 g/mol. The van der Waals surface area contributed by atoms with Gasteiger partial charge in [0.15, 0.2) is 5.82 Å². The molecular formula is C8H16N6. The Balaban J connectivity index is 1.85. The molecule has 1 aliphatic heterocycles. The minimum atomic E-state index is 0.0161. The van der Waals surface area contributed by atoms with Gasteiger partial charge in [0, 0.05) is 18.6 Å². The fraction of sp³-hybridized carbons (Fsp3) is 0.875. The molecule has 0 atom stereocenters. The summed E-state index contributed by atoms with van der Waals surface area (Å²) < 4.78 is 0. The topological polar surface area (TPSA) is 72.9 Å². The smallest absolute Gasteiger partial charge is 0.188 e. The van der Waals surface area contributed by atoms with Crippen LogP contribution in [0.2, 0.25) is 0 Å². The van der Waals surface area contributed by atoms with Crippen LogP contribution in [0, 0.1) is 0 Å². The summed E-state index contributed by atoms with van der Waals surface area (Å²) in [6.07, 6.45) is 1.03. The van der Waals surface area contributed by atoms with Crippen LogP contribution in [0.5, 0.6) is 0 Å². The summed E-state index contributed by atoms with van der Waals surface area (Å²) >= 11 is 0. The van der Waals surface area contributed by atoms with Crippen LogP contribution in [-0.4, -0.2) is 43.7 Å². The predicted octanol–water partition coefficient (Wildman–Crippen LogP) is -0.867. The molecule has 1 aliphatic rings. The number of aryl methyl sites for hydroxylation is 1. The van der Waals surface area contributed by atoms with Gasteiger partial charge >= 0.3 is 0 Å². The molecule has 0 aromatic carbocycles. The second-order valence-corrected chi connectivity index (χ2v) is 4.06. The molecular weight excluding hydrogens is 180 g/mol. The molecule has 6 heteroatoms. The number of nitrogens with two attached hydrogens (primary N) is 1. The fourth-order valence-electron chi connectivity index (χ4n) is 1.77. The van der Waals surface area contributed by atoms with Crippen LogP contribution >= 0.6 is 0 Å². The molecule has 1 saturated heterocycles. The van der Waals surface area contributed by atoms with Crippen molar-refractivity contribution in [3.63, 3.8) is 0 Å². The van der Waals surface area contributed by atoms with Crippen molar-refractivity contribution >= 4 is 0 Å². The number of likely N-dealkylation sites (tertiary alicyclic amines) is 1. The molecule has 0 bridgehead atoms. The van der Waals surface area contributed by atoms with Crippen molar-refractivity contribution in [2.45, 2.75) is 25.4 Å². The van der Waals surface area contributed by atoms with Gasteiger partial charge in [0.25, 0.3) is 0 Å². The highest BCUT2D eigenvalue weighted by Crippen LogP contribution is 2.22. The van der Waals surface area contributed by atoms with E-state index in [1.807, 2.05) is 0 Å². The van der Waals surface area contributed by atoms with E-state index in [-0.39, 0.29) is 5.54 Å². The molecule has 0 spiro atoms. The van der Waals surface area contributed by atoms with Gasteiger partial charge in [-0.1, -0.05) is 6.92 Å². The third kappa shape index (κ3) is 1.76. The predicted molar refractivity (Wildman–Crippen MR) is 51.3 cm³/mol. The van der Waals surface area contributed by atoms with Gasteiger partial charge in [-0.3, -0.25) is 4.90 Å². The van der Waals surface area contributed by atoms with Crippen LogP contribution in [0.15, 0.2) is 0 Å². The van der Waals surface area contributed by atoms with E-state index in [9.17, 15) is 0 Å². The van der Waals surface area contributed by atoms with Gasteiger partial charge in [-0.05, 0) is 11.6 Å². The minimum Gasteiger partial charge on any atom is -0.323 e. The summed E-state index contributed by atoms with van der Waals surface area (Å²) in [5.74, 6) is 0.769. The Kier molecular flexibility index (Phi) is 2.24. The molecule has 14 heavy (non-hydrogen) atoms. The van der Waals surface area contributed by atoms with Gasteiger partial charge < -0.3 is 5.73 Å².